The molecule has 0 heterocycles. The summed E-state index contributed by atoms with van der Waals surface area (Å²) >= 11 is 0. The Morgan fingerprint density at radius 2 is 1.25 bits per heavy atom. The first-order valence-corrected chi connectivity index (χ1v) is 21.7. The summed E-state index contributed by atoms with van der Waals surface area (Å²) in [6.45, 7) is 9.92. The second-order valence-electron chi connectivity index (χ2n) is 9.09. The SMILES string of the molecule is CC(C)C[C@H](NCC[S][Ge]([CH3])([S]CCN[C@@H](CC(C)C)C(N)=O)[c]1ccccc1)C(N)=O. The van der Waals surface area contributed by atoms with E-state index in [9.17, 15) is 9.59 Å². The van der Waals surface area contributed by atoms with E-state index in [1.807, 2.05) is 20.2 Å². The van der Waals surface area contributed by atoms with Gasteiger partial charge >= 0.3 is 204 Å². The summed E-state index contributed by atoms with van der Waals surface area (Å²) in [6, 6.07) is 10.2. The van der Waals surface area contributed by atoms with Crippen molar-refractivity contribution in [3.63, 3.8) is 0 Å². The molecule has 2 amide bonds. The molecule has 1 rings (SSSR count). The zero-order chi connectivity index (χ0) is 24.1. The molecule has 6 N–H and O–H groups in total. The van der Waals surface area contributed by atoms with Crippen LogP contribution in [0.3, 0.4) is 0 Å². The molecule has 0 saturated heterocycles. The van der Waals surface area contributed by atoms with E-state index in [4.69, 9.17) is 11.5 Å². The molecule has 0 aliphatic carbocycles. The number of amides is 2. The van der Waals surface area contributed by atoms with Gasteiger partial charge in [0.25, 0.3) is 0 Å². The molecule has 0 aliphatic rings. The van der Waals surface area contributed by atoms with Gasteiger partial charge in [-0.2, -0.15) is 0 Å². The number of nitrogens with two attached hydrogens (primary N) is 2. The third kappa shape index (κ3) is 11.5. The quantitative estimate of drug-likeness (QED) is 0.178. The van der Waals surface area contributed by atoms with Gasteiger partial charge in [-0.1, -0.05) is 0 Å². The van der Waals surface area contributed by atoms with Crippen molar-refractivity contribution in [2.24, 2.45) is 23.3 Å². The van der Waals surface area contributed by atoms with Crippen molar-refractivity contribution in [1.82, 2.24) is 10.6 Å². The van der Waals surface area contributed by atoms with Gasteiger partial charge in [-0.3, -0.25) is 0 Å². The van der Waals surface area contributed by atoms with Gasteiger partial charge < -0.3 is 0 Å². The molecule has 0 spiro atoms. The summed E-state index contributed by atoms with van der Waals surface area (Å²) in [5, 5.41) is 6.70. The predicted octanol–water partition coefficient (Wildman–Crippen LogP) is 2.41. The van der Waals surface area contributed by atoms with E-state index in [2.05, 4.69) is 74.4 Å². The van der Waals surface area contributed by atoms with Gasteiger partial charge in [-0.25, -0.2) is 0 Å². The van der Waals surface area contributed by atoms with E-state index in [0.717, 1.165) is 37.4 Å². The molecule has 6 nitrogen and oxygen atoms in total. The summed E-state index contributed by atoms with van der Waals surface area (Å²) in [6.07, 6.45) is 1.52. The third-order valence-corrected chi connectivity index (χ3v) is 25.6. The second-order valence-corrected chi connectivity index (χ2v) is 29.1. The van der Waals surface area contributed by atoms with Crippen LogP contribution < -0.4 is 26.5 Å². The Hall–Kier alpha value is -0.677. The number of primary amides is 2. The molecule has 2 atom stereocenters. The summed E-state index contributed by atoms with van der Waals surface area (Å²) in [5.41, 5.74) is 11.1. The Morgan fingerprint density at radius 3 is 1.59 bits per heavy atom. The van der Waals surface area contributed by atoms with Crippen LogP contribution in [0.25, 0.3) is 0 Å². The fourth-order valence-corrected chi connectivity index (χ4v) is 20.9. The number of carbonyl (C=O) groups is 2. The molecule has 0 aliphatic heterocycles. The molecule has 0 bridgehead atoms. The van der Waals surface area contributed by atoms with E-state index < -0.39 is 11.0 Å². The minimum absolute atomic E-state index is 0.269. The van der Waals surface area contributed by atoms with Crippen molar-refractivity contribution in [3.05, 3.63) is 30.3 Å². The van der Waals surface area contributed by atoms with Crippen molar-refractivity contribution in [3.8, 4) is 0 Å². The Balaban J connectivity index is 2.65. The molecular weight excluding hydrogens is 501 g/mol. The number of rotatable bonds is 17. The van der Waals surface area contributed by atoms with Crippen LogP contribution in [0.5, 0.6) is 0 Å². The zero-order valence-electron chi connectivity index (χ0n) is 20.2. The summed E-state index contributed by atoms with van der Waals surface area (Å²) in [7, 11) is 1.61. The molecule has 0 unspecified atom stereocenters. The Kier molecular flexibility index (Phi) is 14.0. The Morgan fingerprint density at radius 1 is 0.844 bits per heavy atom. The average Bonchev–Trinajstić information content (AvgIpc) is 2.72. The van der Waals surface area contributed by atoms with Gasteiger partial charge in [0.2, 0.25) is 0 Å². The van der Waals surface area contributed by atoms with Gasteiger partial charge in [-0.15, -0.1) is 0 Å². The van der Waals surface area contributed by atoms with Crippen molar-refractivity contribution >= 4 is 47.4 Å². The van der Waals surface area contributed by atoms with E-state index in [1.165, 1.54) is 4.40 Å². The Bertz CT molecular complexity index is 656. The summed E-state index contributed by atoms with van der Waals surface area (Å²) in [4.78, 5) is 23.4. The molecule has 9 heteroatoms. The molecule has 32 heavy (non-hydrogen) atoms. The van der Waals surface area contributed by atoms with Gasteiger partial charge in [0.05, 0.1) is 0 Å². The van der Waals surface area contributed by atoms with Crippen LogP contribution in [-0.4, -0.2) is 59.5 Å². The standard InChI is InChI=1S/C23H42GeN4O2S2/c1-17(2)15-20(22(25)29)27-11-13-31-24(5,19-9-7-6-8-10-19)32-14-12-28-21(23(26)30)16-18(3)4/h6-10,17-18,20-21,27-28H,11-16H2,1-5H3,(H2,25,29)(H2,26,30)/t20-,21-/m0/s1. The molecule has 0 saturated carbocycles. The summed E-state index contributed by atoms with van der Waals surface area (Å²) in [5.74, 6) is 4.58. The van der Waals surface area contributed by atoms with Crippen LogP contribution in [0.2, 0.25) is 5.76 Å². The van der Waals surface area contributed by atoms with Crippen molar-refractivity contribution in [2.75, 3.05) is 24.6 Å². The molecule has 182 valence electrons. The van der Waals surface area contributed by atoms with Crippen LogP contribution in [0.1, 0.15) is 40.5 Å². The van der Waals surface area contributed by atoms with Gasteiger partial charge in [0.15, 0.2) is 0 Å². The first kappa shape index (κ1) is 29.4. The zero-order valence-corrected chi connectivity index (χ0v) is 24.0. The van der Waals surface area contributed by atoms with Crippen LogP contribution in [0.4, 0.5) is 0 Å². The van der Waals surface area contributed by atoms with Gasteiger partial charge in [-0.05, 0) is 0 Å². The van der Waals surface area contributed by atoms with E-state index in [1.54, 1.807) is 0 Å². The number of hydrogen-bond donors (Lipinski definition) is 4. The monoisotopic (exact) mass is 544 g/mol. The number of carbonyl (C=O) groups excluding carboxylic acids is 2. The van der Waals surface area contributed by atoms with Crippen molar-refractivity contribution in [2.45, 2.75) is 58.4 Å². The number of nitrogens with one attached hydrogen (secondary N) is 2. The number of hydrogen-bond acceptors (Lipinski definition) is 6. The fraction of sp³-hybridized carbons (Fsp3) is 0.652. The topological polar surface area (TPSA) is 110 Å². The average molecular weight is 543 g/mol. The molecular formula is C23H42GeN4O2S2. The second kappa shape index (κ2) is 15.3. The maximum absolute atomic E-state index is 11.7. The van der Waals surface area contributed by atoms with Gasteiger partial charge in [0, 0.05) is 0 Å². The van der Waals surface area contributed by atoms with Crippen molar-refractivity contribution in [1.29, 1.82) is 0 Å². The van der Waals surface area contributed by atoms with E-state index in [-0.39, 0.29) is 23.9 Å². The molecule has 0 radical (unpaired) electrons. The Labute approximate surface area is 203 Å². The molecule has 0 aromatic heterocycles. The van der Waals surface area contributed by atoms with Crippen LogP contribution in [-0.2, 0) is 9.59 Å². The first-order chi connectivity index (χ1) is 15.0. The third-order valence-electron chi connectivity index (χ3n) is 5.14. The van der Waals surface area contributed by atoms with Crippen LogP contribution in [0.15, 0.2) is 30.3 Å². The first-order valence-electron chi connectivity index (χ1n) is 11.4. The maximum atomic E-state index is 11.7. The molecule has 1 aromatic carbocycles. The summed E-state index contributed by atoms with van der Waals surface area (Å²) < 4.78 is 1.43. The van der Waals surface area contributed by atoms with E-state index in [0.29, 0.717) is 11.8 Å². The fourth-order valence-electron chi connectivity index (χ4n) is 3.45. The molecule has 0 fully saturated rings. The molecule has 1 aromatic rings. The normalized spacial score (nSPS) is 14.0. The van der Waals surface area contributed by atoms with Gasteiger partial charge in [0.1, 0.15) is 0 Å². The number of benzene rings is 1. The van der Waals surface area contributed by atoms with E-state index >= 15 is 0 Å². The predicted molar refractivity (Wildman–Crippen MR) is 143 cm³/mol. The van der Waals surface area contributed by atoms with Crippen LogP contribution in [0, 0.1) is 11.8 Å². The minimum atomic E-state index is -2.47. The van der Waals surface area contributed by atoms with Crippen molar-refractivity contribution < 1.29 is 9.59 Å². The van der Waals surface area contributed by atoms with Crippen LogP contribution >= 0.6 is 20.2 Å².